The molecule has 0 spiro atoms. The number of para-hydroxylation sites is 2. The molecule has 176 valence electrons. The van der Waals surface area contributed by atoms with Crippen LogP contribution >= 0.6 is 23.2 Å². The SMILES string of the molecule is COc1cccc(/C=N\NC(=O)C(=O)Nc2c(C)cccc2C)c1OCc1ccc(Cl)c(Cl)c1. The number of halogens is 2. The zero-order chi connectivity index (χ0) is 24.7. The lowest BCUT2D eigenvalue weighted by atomic mass is 10.1. The summed E-state index contributed by atoms with van der Waals surface area (Å²) in [6.45, 7) is 3.89. The predicted molar refractivity (Wildman–Crippen MR) is 134 cm³/mol. The summed E-state index contributed by atoms with van der Waals surface area (Å²) in [7, 11) is 1.52. The molecule has 7 nitrogen and oxygen atoms in total. The maximum atomic E-state index is 12.3. The number of nitrogens with one attached hydrogen (secondary N) is 2. The number of carbonyl (C=O) groups excluding carboxylic acids is 2. The second kappa shape index (κ2) is 11.5. The number of hydrogen-bond acceptors (Lipinski definition) is 5. The Labute approximate surface area is 207 Å². The number of aryl methyl sites for hydroxylation is 2. The number of nitrogens with zero attached hydrogens (tertiary/aromatic N) is 1. The molecule has 0 aliphatic carbocycles. The maximum Gasteiger partial charge on any atom is 0.329 e. The molecule has 0 aliphatic rings. The van der Waals surface area contributed by atoms with Gasteiger partial charge >= 0.3 is 11.8 Å². The van der Waals surface area contributed by atoms with E-state index in [2.05, 4.69) is 15.8 Å². The van der Waals surface area contributed by atoms with Crippen LogP contribution in [0.2, 0.25) is 10.0 Å². The van der Waals surface area contributed by atoms with Gasteiger partial charge in [0.1, 0.15) is 6.61 Å². The second-order valence-corrected chi connectivity index (χ2v) is 8.15. The minimum Gasteiger partial charge on any atom is -0.493 e. The highest BCUT2D eigenvalue weighted by molar-refractivity contribution is 6.42. The van der Waals surface area contributed by atoms with Gasteiger partial charge in [0.25, 0.3) is 0 Å². The standard InChI is InChI=1S/C25H23Cl2N3O4/c1-15-6-4-7-16(2)22(15)29-24(31)25(32)30-28-13-18-8-5-9-21(33-3)23(18)34-14-17-10-11-19(26)20(27)12-17/h4-13H,14H2,1-3H3,(H,29,31)(H,30,32)/b28-13-. The Hall–Kier alpha value is -3.55. The molecule has 0 saturated carbocycles. The van der Waals surface area contributed by atoms with Crippen LogP contribution in [-0.2, 0) is 16.2 Å². The first-order chi connectivity index (χ1) is 16.3. The second-order valence-electron chi connectivity index (χ2n) is 7.34. The summed E-state index contributed by atoms with van der Waals surface area (Å²) in [6, 6.07) is 16.0. The molecule has 3 aromatic rings. The number of methoxy groups -OCH3 is 1. The van der Waals surface area contributed by atoms with E-state index in [9.17, 15) is 9.59 Å². The quantitative estimate of drug-likeness (QED) is 0.262. The molecule has 2 amide bonds. The van der Waals surface area contributed by atoms with E-state index in [0.29, 0.717) is 32.8 Å². The van der Waals surface area contributed by atoms with Crippen LogP contribution in [-0.4, -0.2) is 25.1 Å². The van der Waals surface area contributed by atoms with Crippen LogP contribution in [0.5, 0.6) is 11.5 Å². The molecule has 3 aromatic carbocycles. The van der Waals surface area contributed by atoms with Crippen molar-refractivity contribution in [2.45, 2.75) is 20.5 Å². The predicted octanol–water partition coefficient (Wildman–Crippen LogP) is 5.29. The van der Waals surface area contributed by atoms with Crippen molar-refractivity contribution >= 4 is 46.9 Å². The first kappa shape index (κ1) is 25.1. The van der Waals surface area contributed by atoms with Gasteiger partial charge in [-0.2, -0.15) is 5.10 Å². The normalized spacial score (nSPS) is 10.7. The van der Waals surface area contributed by atoms with E-state index in [1.165, 1.54) is 13.3 Å². The highest BCUT2D eigenvalue weighted by Gasteiger charge is 2.16. The first-order valence-corrected chi connectivity index (χ1v) is 11.0. The molecule has 0 radical (unpaired) electrons. The number of carbonyl (C=O) groups is 2. The van der Waals surface area contributed by atoms with Gasteiger partial charge in [0.15, 0.2) is 11.5 Å². The Morgan fingerprint density at radius 1 is 0.971 bits per heavy atom. The average molecular weight is 500 g/mol. The van der Waals surface area contributed by atoms with Gasteiger partial charge in [-0.15, -0.1) is 0 Å². The molecule has 0 aliphatic heterocycles. The summed E-state index contributed by atoms with van der Waals surface area (Å²) in [5.41, 5.74) is 5.87. The summed E-state index contributed by atoms with van der Waals surface area (Å²) in [6.07, 6.45) is 1.37. The molecule has 9 heteroatoms. The number of hydrazone groups is 1. The van der Waals surface area contributed by atoms with Crippen molar-refractivity contribution in [1.82, 2.24) is 5.43 Å². The van der Waals surface area contributed by atoms with Crippen molar-refractivity contribution in [3.8, 4) is 11.5 Å². The van der Waals surface area contributed by atoms with E-state index in [-0.39, 0.29) is 6.61 Å². The first-order valence-electron chi connectivity index (χ1n) is 10.2. The largest absolute Gasteiger partial charge is 0.493 e. The van der Waals surface area contributed by atoms with E-state index in [0.717, 1.165) is 16.7 Å². The summed E-state index contributed by atoms with van der Waals surface area (Å²) in [5.74, 6) is -0.839. The molecule has 0 unspecified atom stereocenters. The van der Waals surface area contributed by atoms with Crippen LogP contribution in [0.15, 0.2) is 59.7 Å². The fourth-order valence-corrected chi connectivity index (χ4v) is 3.45. The molecule has 0 heterocycles. The third-order valence-corrected chi connectivity index (χ3v) is 5.63. The van der Waals surface area contributed by atoms with E-state index < -0.39 is 11.8 Å². The van der Waals surface area contributed by atoms with Crippen molar-refractivity contribution in [3.05, 3.63) is 86.9 Å². The van der Waals surface area contributed by atoms with Crippen LogP contribution in [0.3, 0.4) is 0 Å². The molecule has 0 atom stereocenters. The van der Waals surface area contributed by atoms with Crippen LogP contribution in [0.25, 0.3) is 0 Å². The smallest absolute Gasteiger partial charge is 0.329 e. The number of benzene rings is 3. The van der Waals surface area contributed by atoms with Gasteiger partial charge in [-0.05, 0) is 54.8 Å². The minimum atomic E-state index is -0.903. The third kappa shape index (κ3) is 6.27. The van der Waals surface area contributed by atoms with Crippen molar-refractivity contribution in [1.29, 1.82) is 0 Å². The summed E-state index contributed by atoms with van der Waals surface area (Å²) in [5, 5.41) is 7.39. The monoisotopic (exact) mass is 499 g/mol. The van der Waals surface area contributed by atoms with Crippen LogP contribution < -0.4 is 20.2 Å². The Kier molecular flexibility index (Phi) is 8.51. The Balaban J connectivity index is 1.69. The Morgan fingerprint density at radius 3 is 2.35 bits per heavy atom. The lowest BCUT2D eigenvalue weighted by Gasteiger charge is -2.13. The summed E-state index contributed by atoms with van der Waals surface area (Å²) < 4.78 is 11.3. The average Bonchev–Trinajstić information content (AvgIpc) is 2.82. The molecular formula is C25H23Cl2N3O4. The van der Waals surface area contributed by atoms with Crippen molar-refractivity contribution < 1.29 is 19.1 Å². The molecule has 34 heavy (non-hydrogen) atoms. The lowest BCUT2D eigenvalue weighted by Crippen LogP contribution is -2.32. The number of amides is 2. The van der Waals surface area contributed by atoms with E-state index >= 15 is 0 Å². The summed E-state index contributed by atoms with van der Waals surface area (Å²) >= 11 is 12.0. The lowest BCUT2D eigenvalue weighted by molar-refractivity contribution is -0.136. The fraction of sp³-hybridized carbons (Fsp3) is 0.160. The summed E-state index contributed by atoms with van der Waals surface area (Å²) in [4.78, 5) is 24.5. The highest BCUT2D eigenvalue weighted by atomic mass is 35.5. The molecule has 3 rings (SSSR count). The van der Waals surface area contributed by atoms with Crippen LogP contribution in [0.4, 0.5) is 5.69 Å². The Morgan fingerprint density at radius 2 is 1.68 bits per heavy atom. The number of ether oxygens (including phenoxy) is 2. The molecule has 0 saturated heterocycles. The van der Waals surface area contributed by atoms with Crippen LogP contribution in [0, 0.1) is 13.8 Å². The zero-order valence-corrected chi connectivity index (χ0v) is 20.3. The van der Waals surface area contributed by atoms with Gasteiger partial charge in [-0.3, -0.25) is 9.59 Å². The molecule has 0 aromatic heterocycles. The molecule has 0 fully saturated rings. The number of anilines is 1. The molecule has 0 bridgehead atoms. The highest BCUT2D eigenvalue weighted by Crippen LogP contribution is 2.31. The fourth-order valence-electron chi connectivity index (χ4n) is 3.13. The van der Waals surface area contributed by atoms with Crippen LogP contribution in [0.1, 0.15) is 22.3 Å². The van der Waals surface area contributed by atoms with Gasteiger partial charge in [-0.25, -0.2) is 5.43 Å². The number of rotatable bonds is 7. The third-order valence-electron chi connectivity index (χ3n) is 4.89. The maximum absolute atomic E-state index is 12.3. The van der Waals surface area contributed by atoms with Gasteiger partial charge in [0.05, 0.1) is 23.4 Å². The van der Waals surface area contributed by atoms with E-state index in [4.69, 9.17) is 32.7 Å². The minimum absolute atomic E-state index is 0.197. The van der Waals surface area contributed by atoms with Gasteiger partial charge in [-0.1, -0.05) is 53.5 Å². The van der Waals surface area contributed by atoms with Gasteiger partial charge in [0, 0.05) is 11.3 Å². The topological polar surface area (TPSA) is 89.0 Å². The van der Waals surface area contributed by atoms with Crippen molar-refractivity contribution in [2.24, 2.45) is 5.10 Å². The molecule has 2 N–H and O–H groups in total. The van der Waals surface area contributed by atoms with E-state index in [1.807, 2.05) is 32.0 Å². The van der Waals surface area contributed by atoms with Gasteiger partial charge in [0.2, 0.25) is 0 Å². The van der Waals surface area contributed by atoms with Crippen molar-refractivity contribution in [3.63, 3.8) is 0 Å². The van der Waals surface area contributed by atoms with Gasteiger partial charge < -0.3 is 14.8 Å². The Bertz CT molecular complexity index is 1220. The van der Waals surface area contributed by atoms with E-state index in [1.54, 1.807) is 36.4 Å². The zero-order valence-electron chi connectivity index (χ0n) is 18.8. The number of hydrogen-bond donors (Lipinski definition) is 2. The van der Waals surface area contributed by atoms with Crippen molar-refractivity contribution in [2.75, 3.05) is 12.4 Å². The molecular weight excluding hydrogens is 477 g/mol.